The Kier molecular flexibility index (Phi) is 10.7. The summed E-state index contributed by atoms with van der Waals surface area (Å²) in [7, 11) is 2.19. The highest BCUT2D eigenvalue weighted by Crippen LogP contribution is 2.39. The number of nitrogens with zero attached hydrogens (tertiary/aromatic N) is 1. The molecule has 1 N–H and O–H groups in total. The zero-order valence-electron chi connectivity index (χ0n) is 17.8. The summed E-state index contributed by atoms with van der Waals surface area (Å²) in [6, 6.07) is 9.70. The number of carbonyl (C=O) groups excluding carboxylic acids is 1. The van der Waals surface area contributed by atoms with Crippen LogP contribution in [0.5, 0.6) is 0 Å². The van der Waals surface area contributed by atoms with Crippen molar-refractivity contribution in [3.8, 4) is 0 Å². The number of quaternary nitrogens is 1. The number of halogens is 1. The molecule has 0 aliphatic heterocycles. The Morgan fingerprint density at radius 2 is 1.61 bits per heavy atom. The molecule has 0 bridgehead atoms. The van der Waals surface area contributed by atoms with Gasteiger partial charge in [-0.2, -0.15) is 0 Å². The second-order valence-corrected chi connectivity index (χ2v) is 8.36. The summed E-state index contributed by atoms with van der Waals surface area (Å²) in [5, 5.41) is 11.5. The molecule has 1 aliphatic rings. The fourth-order valence-corrected chi connectivity index (χ4v) is 4.11. The molecule has 0 spiro atoms. The van der Waals surface area contributed by atoms with Crippen molar-refractivity contribution in [3.05, 3.63) is 35.9 Å². The standard InChI is InChI=1S/C23H38NO3.BrH/c1-4-24(3,5-2)18-19-27-22(25)21(20-14-10-9-11-15-20)23(26)16-12-7-6-8-13-17-23;/h9-11,14-15,21,26H,4-8,12-13,16-19H2,1-3H3;1H/q+1;/p-1. The Labute approximate surface area is 181 Å². The van der Waals surface area contributed by atoms with E-state index in [-0.39, 0.29) is 23.0 Å². The summed E-state index contributed by atoms with van der Waals surface area (Å²) >= 11 is 0. The van der Waals surface area contributed by atoms with Crippen molar-refractivity contribution in [3.63, 3.8) is 0 Å². The average Bonchev–Trinajstić information content (AvgIpc) is 2.66. The van der Waals surface area contributed by atoms with E-state index in [1.54, 1.807) is 0 Å². The number of aliphatic hydroxyl groups is 1. The van der Waals surface area contributed by atoms with Crippen LogP contribution in [-0.2, 0) is 9.53 Å². The first-order valence-corrected chi connectivity index (χ1v) is 10.7. The monoisotopic (exact) mass is 455 g/mol. The Morgan fingerprint density at radius 3 is 2.14 bits per heavy atom. The van der Waals surface area contributed by atoms with Gasteiger partial charge in [0.2, 0.25) is 0 Å². The second-order valence-electron chi connectivity index (χ2n) is 8.36. The average molecular weight is 456 g/mol. The molecule has 1 atom stereocenters. The van der Waals surface area contributed by atoms with Crippen LogP contribution in [0.1, 0.15) is 70.3 Å². The predicted octanol–water partition coefficient (Wildman–Crippen LogP) is 1.28. The van der Waals surface area contributed by atoms with E-state index < -0.39 is 11.5 Å². The molecule has 1 saturated carbocycles. The number of rotatable bonds is 8. The lowest BCUT2D eigenvalue weighted by Gasteiger charge is -2.37. The van der Waals surface area contributed by atoms with Crippen molar-refractivity contribution in [2.24, 2.45) is 0 Å². The highest BCUT2D eigenvalue weighted by atomic mass is 79.9. The predicted molar refractivity (Wildman–Crippen MR) is 110 cm³/mol. The molecule has 0 saturated heterocycles. The zero-order chi connectivity index (χ0) is 19.8. The van der Waals surface area contributed by atoms with E-state index in [4.69, 9.17) is 4.74 Å². The summed E-state index contributed by atoms with van der Waals surface area (Å²) in [4.78, 5) is 13.1. The first-order valence-electron chi connectivity index (χ1n) is 10.7. The molecule has 28 heavy (non-hydrogen) atoms. The van der Waals surface area contributed by atoms with Gasteiger partial charge in [-0.25, -0.2) is 0 Å². The molecular weight excluding hydrogens is 418 g/mol. The third-order valence-corrected chi connectivity index (χ3v) is 6.53. The van der Waals surface area contributed by atoms with E-state index in [1.165, 1.54) is 6.42 Å². The zero-order valence-corrected chi connectivity index (χ0v) is 19.4. The lowest BCUT2D eigenvalue weighted by atomic mass is 9.74. The Bertz CT molecular complexity index is 566. The number of benzene rings is 1. The summed E-state index contributed by atoms with van der Waals surface area (Å²) in [5.74, 6) is -0.873. The van der Waals surface area contributed by atoms with Crippen LogP contribution in [0.3, 0.4) is 0 Å². The van der Waals surface area contributed by atoms with Gasteiger partial charge < -0.3 is 31.3 Å². The van der Waals surface area contributed by atoms with E-state index in [1.807, 2.05) is 30.3 Å². The fraction of sp³-hybridized carbons (Fsp3) is 0.696. The summed E-state index contributed by atoms with van der Waals surface area (Å²) in [6.45, 7) is 7.56. The highest BCUT2D eigenvalue weighted by molar-refractivity contribution is 5.79. The molecule has 0 amide bonds. The molecule has 0 radical (unpaired) electrons. The van der Waals surface area contributed by atoms with Gasteiger partial charge in [0.05, 0.1) is 25.7 Å². The van der Waals surface area contributed by atoms with Crippen molar-refractivity contribution < 1.29 is 36.1 Å². The van der Waals surface area contributed by atoms with E-state index in [2.05, 4.69) is 20.9 Å². The van der Waals surface area contributed by atoms with Gasteiger partial charge in [-0.15, -0.1) is 0 Å². The van der Waals surface area contributed by atoms with Crippen molar-refractivity contribution in [1.29, 1.82) is 0 Å². The highest BCUT2D eigenvalue weighted by Gasteiger charge is 2.43. The van der Waals surface area contributed by atoms with Crippen molar-refractivity contribution in [2.45, 2.75) is 70.3 Å². The van der Waals surface area contributed by atoms with E-state index >= 15 is 0 Å². The van der Waals surface area contributed by atoms with Gasteiger partial charge >= 0.3 is 5.97 Å². The molecule has 1 aromatic rings. The third-order valence-electron chi connectivity index (χ3n) is 6.53. The maximum absolute atomic E-state index is 13.1. The van der Waals surface area contributed by atoms with Gasteiger partial charge in [0.25, 0.3) is 0 Å². The van der Waals surface area contributed by atoms with Gasteiger partial charge in [-0.05, 0) is 32.3 Å². The fourth-order valence-electron chi connectivity index (χ4n) is 4.11. The van der Waals surface area contributed by atoms with Crippen LogP contribution >= 0.6 is 0 Å². The van der Waals surface area contributed by atoms with Crippen LogP contribution in [0.15, 0.2) is 30.3 Å². The second kappa shape index (κ2) is 11.9. The summed E-state index contributed by atoms with van der Waals surface area (Å²) in [6.07, 6.45) is 6.74. The Morgan fingerprint density at radius 1 is 1.07 bits per heavy atom. The molecule has 4 nitrogen and oxygen atoms in total. The first kappa shape index (κ1) is 25.1. The van der Waals surface area contributed by atoms with E-state index in [0.29, 0.717) is 19.4 Å². The van der Waals surface area contributed by atoms with Crippen LogP contribution in [0.4, 0.5) is 0 Å². The summed E-state index contributed by atoms with van der Waals surface area (Å²) < 4.78 is 6.62. The molecule has 0 heterocycles. The number of likely N-dealkylation sites (N-methyl/N-ethyl adjacent to an activating group) is 1. The minimum Gasteiger partial charge on any atom is -1.00 e. The molecule has 160 valence electrons. The van der Waals surface area contributed by atoms with Gasteiger partial charge in [0.15, 0.2) is 0 Å². The van der Waals surface area contributed by atoms with Crippen LogP contribution < -0.4 is 17.0 Å². The SMILES string of the molecule is CC[N+](C)(CC)CCOC(=O)C(c1ccccc1)C1(O)CCCCCCC1.[Br-]. The number of carbonyl (C=O) groups is 1. The molecular formula is C23H38BrNO3. The molecule has 5 heteroatoms. The smallest absolute Gasteiger partial charge is 0.316 e. The van der Waals surface area contributed by atoms with Crippen molar-refractivity contribution in [1.82, 2.24) is 0 Å². The first-order chi connectivity index (χ1) is 12.9. The largest absolute Gasteiger partial charge is 1.00 e. The molecule has 2 rings (SSSR count). The maximum Gasteiger partial charge on any atom is 0.316 e. The number of hydrogen-bond acceptors (Lipinski definition) is 3. The quantitative estimate of drug-likeness (QED) is 0.474. The normalized spacial score (nSPS) is 18.3. The van der Waals surface area contributed by atoms with Crippen molar-refractivity contribution >= 4 is 5.97 Å². The Balaban J connectivity index is 0.00000392. The van der Waals surface area contributed by atoms with Crippen LogP contribution in [0.2, 0.25) is 0 Å². The molecule has 1 aliphatic carbocycles. The third kappa shape index (κ3) is 6.85. The molecule has 1 fully saturated rings. The number of hydrogen-bond donors (Lipinski definition) is 1. The molecule has 1 aromatic carbocycles. The Hall–Kier alpha value is -0.910. The van der Waals surface area contributed by atoms with Crippen LogP contribution in [0.25, 0.3) is 0 Å². The van der Waals surface area contributed by atoms with Crippen LogP contribution in [-0.4, -0.2) is 54.4 Å². The molecule has 0 aromatic heterocycles. The number of esters is 1. The van der Waals surface area contributed by atoms with Gasteiger partial charge in [-0.3, -0.25) is 4.79 Å². The van der Waals surface area contributed by atoms with Crippen LogP contribution in [0, 0.1) is 0 Å². The summed E-state index contributed by atoms with van der Waals surface area (Å²) in [5.41, 5.74) is -0.138. The minimum absolute atomic E-state index is 0. The van der Waals surface area contributed by atoms with Crippen molar-refractivity contribution in [2.75, 3.05) is 33.3 Å². The number of ether oxygens (including phenoxy) is 1. The van der Waals surface area contributed by atoms with E-state index in [9.17, 15) is 9.90 Å². The molecule has 1 unspecified atom stereocenters. The lowest BCUT2D eigenvalue weighted by Crippen LogP contribution is -3.00. The van der Waals surface area contributed by atoms with Gasteiger partial charge in [0, 0.05) is 0 Å². The maximum atomic E-state index is 13.1. The van der Waals surface area contributed by atoms with Gasteiger partial charge in [0.1, 0.15) is 19.1 Å². The minimum atomic E-state index is -1.01. The lowest BCUT2D eigenvalue weighted by molar-refractivity contribution is -0.906. The van der Waals surface area contributed by atoms with Gasteiger partial charge in [-0.1, -0.05) is 62.4 Å². The van der Waals surface area contributed by atoms with E-state index in [0.717, 1.165) is 55.4 Å². The topological polar surface area (TPSA) is 46.5 Å².